The van der Waals surface area contributed by atoms with Gasteiger partial charge in [-0.2, -0.15) is 0 Å². The lowest BCUT2D eigenvalue weighted by Crippen LogP contribution is -2.11. The smallest absolute Gasteiger partial charge is 0.188 e. The molecule has 1 aliphatic carbocycles. The first-order chi connectivity index (χ1) is 11.8. The summed E-state index contributed by atoms with van der Waals surface area (Å²) in [5.41, 5.74) is 6.34. The van der Waals surface area contributed by atoms with Crippen molar-refractivity contribution in [1.29, 1.82) is 0 Å². The zero-order chi connectivity index (χ0) is 16.8. The molecule has 0 bridgehead atoms. The molecular formula is C19H20N2O2S. The maximum atomic E-state index is 5.49. The molecule has 124 valence electrons. The second-order valence-corrected chi connectivity index (χ2v) is 6.34. The van der Waals surface area contributed by atoms with Crippen LogP contribution in [0.5, 0.6) is 5.75 Å². The van der Waals surface area contributed by atoms with Gasteiger partial charge in [-0.05, 0) is 48.9 Å². The summed E-state index contributed by atoms with van der Waals surface area (Å²) in [6.07, 6.45) is 9.19. The fraction of sp³-hybridized carbons (Fsp3) is 0.263. The van der Waals surface area contributed by atoms with Crippen LogP contribution in [0.3, 0.4) is 0 Å². The fourth-order valence-electron chi connectivity index (χ4n) is 2.26. The van der Waals surface area contributed by atoms with Crippen LogP contribution in [0.15, 0.2) is 53.9 Å². The zero-order valence-electron chi connectivity index (χ0n) is 13.8. The number of benzene rings is 1. The minimum atomic E-state index is 0.243. The molecule has 0 atom stereocenters. The molecular weight excluding hydrogens is 320 g/mol. The molecule has 3 rings (SSSR count). The number of nitrogens with one attached hydrogen (secondary N) is 1. The van der Waals surface area contributed by atoms with Crippen molar-refractivity contribution in [2.75, 3.05) is 20.4 Å². The highest BCUT2D eigenvalue weighted by Crippen LogP contribution is 2.30. The molecule has 0 saturated carbocycles. The van der Waals surface area contributed by atoms with Gasteiger partial charge >= 0.3 is 0 Å². The molecule has 5 heteroatoms. The second kappa shape index (κ2) is 7.97. The molecule has 0 aliphatic heterocycles. The van der Waals surface area contributed by atoms with Gasteiger partial charge in [0, 0.05) is 19.4 Å². The Kier molecular flexibility index (Phi) is 5.49. The van der Waals surface area contributed by atoms with Gasteiger partial charge in [0.1, 0.15) is 10.8 Å². The lowest BCUT2D eigenvalue weighted by molar-refractivity contribution is 0.0512. The summed E-state index contributed by atoms with van der Waals surface area (Å²) < 4.78 is 11.5. The van der Waals surface area contributed by atoms with Gasteiger partial charge in [-0.1, -0.05) is 6.92 Å². The number of allylic oxidation sites excluding steroid dienone is 4. The van der Waals surface area contributed by atoms with Crippen molar-refractivity contribution in [3.63, 3.8) is 0 Å². The summed E-state index contributed by atoms with van der Waals surface area (Å²) in [6, 6.07) is 5.87. The minimum absolute atomic E-state index is 0.243. The van der Waals surface area contributed by atoms with Crippen molar-refractivity contribution < 1.29 is 9.47 Å². The quantitative estimate of drug-likeness (QED) is 0.604. The van der Waals surface area contributed by atoms with Crippen molar-refractivity contribution in [2.24, 2.45) is 0 Å². The predicted molar refractivity (Wildman–Crippen MR) is 99.1 cm³/mol. The molecule has 4 nitrogen and oxygen atoms in total. The Bertz CT molecular complexity index is 842. The molecule has 0 saturated heterocycles. The van der Waals surface area contributed by atoms with E-state index in [2.05, 4.69) is 30.1 Å². The average molecular weight is 340 g/mol. The van der Waals surface area contributed by atoms with Gasteiger partial charge in [0.15, 0.2) is 6.79 Å². The van der Waals surface area contributed by atoms with Crippen molar-refractivity contribution in [1.82, 2.24) is 10.3 Å². The lowest BCUT2D eigenvalue weighted by atomic mass is 10.2. The molecule has 2 aromatic rings. The van der Waals surface area contributed by atoms with Crippen molar-refractivity contribution in [3.05, 3.63) is 58.9 Å². The highest BCUT2D eigenvalue weighted by Gasteiger charge is 2.09. The SMILES string of the molecule is CCCNC1=CC=C=C(c2nc3ccc(OCOC)cc3s2)C=C1. The number of thiazole rings is 1. The number of ether oxygens (including phenoxy) is 2. The van der Waals surface area contributed by atoms with Crippen LogP contribution in [-0.2, 0) is 4.74 Å². The van der Waals surface area contributed by atoms with Crippen molar-refractivity contribution >= 4 is 27.1 Å². The zero-order valence-corrected chi connectivity index (χ0v) is 14.7. The second-order valence-electron chi connectivity index (χ2n) is 5.31. The van der Waals surface area contributed by atoms with E-state index in [9.17, 15) is 0 Å². The van der Waals surface area contributed by atoms with Gasteiger partial charge in [0.2, 0.25) is 0 Å². The van der Waals surface area contributed by atoms with Gasteiger partial charge in [-0.3, -0.25) is 0 Å². The van der Waals surface area contributed by atoms with Crippen LogP contribution in [0.25, 0.3) is 15.8 Å². The molecule has 0 spiro atoms. The highest BCUT2D eigenvalue weighted by molar-refractivity contribution is 7.19. The summed E-state index contributed by atoms with van der Waals surface area (Å²) in [5.74, 6) is 0.785. The highest BCUT2D eigenvalue weighted by atomic mass is 32.1. The molecule has 0 amide bonds. The molecule has 1 aromatic heterocycles. The van der Waals surface area contributed by atoms with E-state index in [0.29, 0.717) is 0 Å². The number of nitrogens with zero attached hydrogens (tertiary/aromatic N) is 1. The molecule has 0 fully saturated rings. The number of hydrogen-bond donors (Lipinski definition) is 1. The number of methoxy groups -OCH3 is 1. The minimum Gasteiger partial charge on any atom is -0.468 e. The Hall–Kier alpha value is -2.33. The molecule has 0 radical (unpaired) electrons. The fourth-order valence-corrected chi connectivity index (χ4v) is 3.24. The standard InChI is InChI=1S/C19H20N2O2S/c1-3-11-20-15-6-4-5-14(7-8-15)19-21-17-10-9-16(23-13-22-2)12-18(17)24-19/h4,6-10,12,20H,3,11,13H2,1-2H3. The molecule has 1 heterocycles. The van der Waals surface area contributed by atoms with E-state index >= 15 is 0 Å². The van der Waals surface area contributed by atoms with Crippen LogP contribution in [0, 0.1) is 0 Å². The Morgan fingerprint density at radius 3 is 3.04 bits per heavy atom. The van der Waals surface area contributed by atoms with Gasteiger partial charge in [-0.25, -0.2) is 4.98 Å². The summed E-state index contributed by atoms with van der Waals surface area (Å²) in [7, 11) is 1.61. The van der Waals surface area contributed by atoms with Crippen LogP contribution >= 0.6 is 11.3 Å². The number of rotatable bonds is 7. The maximum Gasteiger partial charge on any atom is 0.188 e. The third-order valence-corrected chi connectivity index (χ3v) is 4.50. The Morgan fingerprint density at radius 1 is 1.29 bits per heavy atom. The van der Waals surface area contributed by atoms with Crippen molar-refractivity contribution in [2.45, 2.75) is 13.3 Å². The molecule has 1 N–H and O–H groups in total. The van der Waals surface area contributed by atoms with Gasteiger partial charge in [-0.15, -0.1) is 17.1 Å². The monoisotopic (exact) mass is 340 g/mol. The van der Waals surface area contributed by atoms with E-state index in [1.807, 2.05) is 30.4 Å². The number of fused-ring (bicyclic) bond motifs is 1. The van der Waals surface area contributed by atoms with E-state index in [0.717, 1.165) is 45.2 Å². The lowest BCUT2D eigenvalue weighted by Gasteiger charge is -2.03. The van der Waals surface area contributed by atoms with E-state index < -0.39 is 0 Å². The number of aromatic nitrogens is 1. The largest absolute Gasteiger partial charge is 0.468 e. The topological polar surface area (TPSA) is 43.4 Å². The number of hydrogen-bond acceptors (Lipinski definition) is 5. The van der Waals surface area contributed by atoms with Crippen LogP contribution in [0.1, 0.15) is 18.4 Å². The normalized spacial score (nSPS) is 13.6. The van der Waals surface area contributed by atoms with Gasteiger partial charge in [0.25, 0.3) is 0 Å². The third-order valence-electron chi connectivity index (χ3n) is 3.44. The molecule has 1 aromatic carbocycles. The summed E-state index contributed by atoms with van der Waals surface area (Å²) in [6.45, 7) is 3.36. The third kappa shape index (κ3) is 3.95. The van der Waals surface area contributed by atoms with Crippen LogP contribution in [0.2, 0.25) is 0 Å². The van der Waals surface area contributed by atoms with E-state index in [4.69, 9.17) is 14.5 Å². The summed E-state index contributed by atoms with van der Waals surface area (Å²) in [4.78, 5) is 4.70. The summed E-state index contributed by atoms with van der Waals surface area (Å²) >= 11 is 1.63. The Labute approximate surface area is 145 Å². The Balaban J connectivity index is 1.81. The maximum absolute atomic E-state index is 5.49. The molecule has 1 aliphatic rings. The average Bonchev–Trinajstić information content (AvgIpc) is 2.88. The van der Waals surface area contributed by atoms with Crippen molar-refractivity contribution in [3.8, 4) is 5.75 Å². The van der Waals surface area contributed by atoms with E-state index in [1.165, 1.54) is 0 Å². The predicted octanol–water partition coefficient (Wildman–Crippen LogP) is 4.27. The first-order valence-corrected chi connectivity index (χ1v) is 8.73. The molecule has 0 unspecified atom stereocenters. The van der Waals surface area contributed by atoms with Crippen LogP contribution in [0.4, 0.5) is 0 Å². The van der Waals surface area contributed by atoms with Crippen LogP contribution < -0.4 is 10.1 Å². The first kappa shape index (κ1) is 16.5. The van der Waals surface area contributed by atoms with Gasteiger partial charge in [0.05, 0.1) is 15.8 Å². The van der Waals surface area contributed by atoms with E-state index in [-0.39, 0.29) is 6.79 Å². The molecule has 24 heavy (non-hydrogen) atoms. The van der Waals surface area contributed by atoms with Crippen LogP contribution in [-0.4, -0.2) is 25.4 Å². The summed E-state index contributed by atoms with van der Waals surface area (Å²) in [5, 5.41) is 4.33. The van der Waals surface area contributed by atoms with E-state index in [1.54, 1.807) is 18.4 Å². The van der Waals surface area contributed by atoms with Gasteiger partial charge < -0.3 is 14.8 Å². The first-order valence-electron chi connectivity index (χ1n) is 7.92. The Morgan fingerprint density at radius 2 is 2.21 bits per heavy atom.